The Hall–Kier alpha value is -3.25. The summed E-state index contributed by atoms with van der Waals surface area (Å²) in [6.45, 7) is 4.17. The quantitative estimate of drug-likeness (QED) is 0.525. The third-order valence-electron chi connectivity index (χ3n) is 5.24. The molecule has 0 saturated heterocycles. The SMILES string of the molecule is Cc1[nH]c2ccccc2c1C(=O)C(C)N(C)Cc1nc2ccccc2c(=O)[nH]1. The van der Waals surface area contributed by atoms with Crippen LogP contribution in [0.15, 0.2) is 53.3 Å². The summed E-state index contributed by atoms with van der Waals surface area (Å²) < 4.78 is 0. The molecule has 1 atom stereocenters. The standard InChI is InChI=1S/C22H22N4O2/c1-13-20(15-8-4-6-10-17(15)23-13)21(27)14(2)26(3)12-19-24-18-11-7-5-9-16(18)22(28)25-19/h4-11,14,23H,12H2,1-3H3,(H,24,25,28). The Morgan fingerprint density at radius 1 is 1.07 bits per heavy atom. The predicted molar refractivity (Wildman–Crippen MR) is 111 cm³/mol. The van der Waals surface area contributed by atoms with Crippen LogP contribution in [0.25, 0.3) is 21.8 Å². The second-order valence-electron chi connectivity index (χ2n) is 7.16. The number of rotatable bonds is 5. The summed E-state index contributed by atoms with van der Waals surface area (Å²) in [5.74, 6) is 0.585. The molecule has 28 heavy (non-hydrogen) atoms. The van der Waals surface area contributed by atoms with Crippen LogP contribution >= 0.6 is 0 Å². The molecule has 2 aromatic carbocycles. The number of para-hydroxylation sites is 2. The minimum Gasteiger partial charge on any atom is -0.358 e. The van der Waals surface area contributed by atoms with Gasteiger partial charge in [0.05, 0.1) is 23.5 Å². The summed E-state index contributed by atoms with van der Waals surface area (Å²) in [4.78, 5) is 38.0. The molecule has 0 aliphatic carbocycles. The maximum Gasteiger partial charge on any atom is 0.258 e. The number of hydrogen-bond acceptors (Lipinski definition) is 4. The van der Waals surface area contributed by atoms with Crippen molar-refractivity contribution in [2.75, 3.05) is 7.05 Å². The highest BCUT2D eigenvalue weighted by atomic mass is 16.1. The van der Waals surface area contributed by atoms with E-state index in [-0.39, 0.29) is 17.4 Å². The molecule has 0 aliphatic rings. The molecule has 2 aromatic heterocycles. The molecule has 0 amide bonds. The number of Topliss-reactive ketones (excluding diaryl/α,β-unsaturated/α-hetero) is 1. The van der Waals surface area contributed by atoms with Crippen LogP contribution in [0.1, 0.15) is 28.8 Å². The van der Waals surface area contributed by atoms with Gasteiger partial charge in [-0.1, -0.05) is 30.3 Å². The van der Waals surface area contributed by atoms with Crippen LogP contribution < -0.4 is 5.56 Å². The van der Waals surface area contributed by atoms with Gasteiger partial charge in [0.2, 0.25) is 0 Å². The van der Waals surface area contributed by atoms with Crippen LogP contribution in [0.4, 0.5) is 0 Å². The second kappa shape index (κ2) is 7.05. The Labute approximate surface area is 162 Å². The van der Waals surface area contributed by atoms with Crippen molar-refractivity contribution in [3.63, 3.8) is 0 Å². The van der Waals surface area contributed by atoms with Crippen LogP contribution in [-0.2, 0) is 6.54 Å². The van der Waals surface area contributed by atoms with Crippen LogP contribution in [0.5, 0.6) is 0 Å². The zero-order chi connectivity index (χ0) is 19.8. The summed E-state index contributed by atoms with van der Waals surface area (Å²) in [7, 11) is 1.86. The van der Waals surface area contributed by atoms with E-state index in [1.807, 2.05) is 68.3 Å². The summed E-state index contributed by atoms with van der Waals surface area (Å²) >= 11 is 0. The third kappa shape index (κ3) is 3.12. The number of fused-ring (bicyclic) bond motifs is 2. The average molecular weight is 374 g/mol. The lowest BCUT2D eigenvalue weighted by Gasteiger charge is -2.23. The topological polar surface area (TPSA) is 81.8 Å². The zero-order valence-electron chi connectivity index (χ0n) is 16.1. The lowest BCUT2D eigenvalue weighted by molar-refractivity contribution is 0.0861. The van der Waals surface area contributed by atoms with Crippen LogP contribution in [0.2, 0.25) is 0 Å². The van der Waals surface area contributed by atoms with E-state index in [1.165, 1.54) is 0 Å². The van der Waals surface area contributed by atoms with Gasteiger partial charge in [0.25, 0.3) is 5.56 Å². The van der Waals surface area contributed by atoms with Gasteiger partial charge < -0.3 is 9.97 Å². The molecule has 2 N–H and O–H groups in total. The summed E-state index contributed by atoms with van der Waals surface area (Å²) in [6, 6.07) is 14.7. The number of ketones is 1. The number of nitrogens with zero attached hydrogens (tertiary/aromatic N) is 2. The first-order valence-electron chi connectivity index (χ1n) is 9.25. The molecule has 0 radical (unpaired) electrons. The molecule has 6 heteroatoms. The molecule has 0 bridgehead atoms. The van der Waals surface area contributed by atoms with Crippen LogP contribution in [0.3, 0.4) is 0 Å². The van der Waals surface area contributed by atoms with Crippen molar-refractivity contribution < 1.29 is 4.79 Å². The van der Waals surface area contributed by atoms with Gasteiger partial charge in [-0.15, -0.1) is 0 Å². The molecule has 1 unspecified atom stereocenters. The van der Waals surface area contributed by atoms with E-state index in [0.29, 0.717) is 23.3 Å². The highest BCUT2D eigenvalue weighted by Gasteiger charge is 2.24. The summed E-state index contributed by atoms with van der Waals surface area (Å²) in [5.41, 5.74) is 3.03. The first-order valence-corrected chi connectivity index (χ1v) is 9.25. The second-order valence-corrected chi connectivity index (χ2v) is 7.16. The van der Waals surface area contributed by atoms with Gasteiger partial charge in [0, 0.05) is 22.2 Å². The lowest BCUT2D eigenvalue weighted by atomic mass is 10.0. The normalized spacial score (nSPS) is 12.7. The Balaban J connectivity index is 1.61. The molecule has 0 spiro atoms. The van der Waals surface area contributed by atoms with Gasteiger partial charge in [0.1, 0.15) is 5.82 Å². The fourth-order valence-electron chi connectivity index (χ4n) is 3.59. The summed E-state index contributed by atoms with van der Waals surface area (Å²) in [6.07, 6.45) is 0. The number of carbonyl (C=O) groups is 1. The lowest BCUT2D eigenvalue weighted by Crippen LogP contribution is -2.36. The smallest absolute Gasteiger partial charge is 0.258 e. The summed E-state index contributed by atoms with van der Waals surface area (Å²) in [5, 5.41) is 1.50. The number of aromatic amines is 2. The van der Waals surface area contributed by atoms with Gasteiger partial charge in [0.15, 0.2) is 5.78 Å². The molecular formula is C22H22N4O2. The maximum absolute atomic E-state index is 13.2. The van der Waals surface area contributed by atoms with E-state index < -0.39 is 0 Å². The van der Waals surface area contributed by atoms with Gasteiger partial charge >= 0.3 is 0 Å². The Morgan fingerprint density at radius 3 is 2.54 bits per heavy atom. The Kier molecular flexibility index (Phi) is 4.57. The molecule has 4 aromatic rings. The number of likely N-dealkylation sites (N-methyl/N-ethyl adjacent to an activating group) is 1. The molecule has 4 rings (SSSR count). The number of hydrogen-bond donors (Lipinski definition) is 2. The number of nitrogens with one attached hydrogen (secondary N) is 2. The number of benzene rings is 2. The molecule has 142 valence electrons. The number of carbonyl (C=O) groups excluding carboxylic acids is 1. The van der Waals surface area contributed by atoms with E-state index >= 15 is 0 Å². The van der Waals surface area contributed by atoms with E-state index in [2.05, 4.69) is 15.0 Å². The molecule has 2 heterocycles. The monoisotopic (exact) mass is 374 g/mol. The highest BCUT2D eigenvalue weighted by molar-refractivity contribution is 6.11. The number of aromatic nitrogens is 3. The van der Waals surface area contributed by atoms with Gasteiger partial charge in [-0.25, -0.2) is 4.98 Å². The van der Waals surface area contributed by atoms with Gasteiger partial charge in [-0.05, 0) is 39.1 Å². The number of H-pyrrole nitrogens is 2. The molecular weight excluding hydrogens is 352 g/mol. The van der Waals surface area contributed by atoms with Crippen molar-refractivity contribution >= 4 is 27.6 Å². The van der Waals surface area contributed by atoms with Gasteiger partial charge in [-0.3, -0.25) is 14.5 Å². The zero-order valence-corrected chi connectivity index (χ0v) is 16.1. The maximum atomic E-state index is 13.2. The van der Waals surface area contributed by atoms with Crippen molar-refractivity contribution in [1.82, 2.24) is 19.9 Å². The van der Waals surface area contributed by atoms with E-state index in [4.69, 9.17) is 0 Å². The predicted octanol–water partition coefficient (Wildman–Crippen LogP) is 3.42. The molecule has 6 nitrogen and oxygen atoms in total. The van der Waals surface area contributed by atoms with Crippen molar-refractivity contribution in [1.29, 1.82) is 0 Å². The Bertz CT molecular complexity index is 1240. The first kappa shape index (κ1) is 18.1. The van der Waals surface area contributed by atoms with Crippen molar-refractivity contribution in [2.24, 2.45) is 0 Å². The Morgan fingerprint density at radius 2 is 1.75 bits per heavy atom. The van der Waals surface area contributed by atoms with E-state index in [9.17, 15) is 9.59 Å². The third-order valence-corrected chi connectivity index (χ3v) is 5.24. The largest absolute Gasteiger partial charge is 0.358 e. The van der Waals surface area contributed by atoms with E-state index in [1.54, 1.807) is 6.07 Å². The number of aryl methyl sites for hydroxylation is 1. The average Bonchev–Trinajstić information content (AvgIpc) is 3.02. The van der Waals surface area contributed by atoms with Crippen LogP contribution in [-0.4, -0.2) is 38.7 Å². The molecule has 0 aliphatic heterocycles. The van der Waals surface area contributed by atoms with Crippen molar-refractivity contribution in [3.8, 4) is 0 Å². The highest BCUT2D eigenvalue weighted by Crippen LogP contribution is 2.24. The minimum absolute atomic E-state index is 0.0422. The van der Waals surface area contributed by atoms with Crippen LogP contribution in [0, 0.1) is 6.92 Å². The first-order chi connectivity index (χ1) is 13.5. The molecule has 0 fully saturated rings. The fourth-order valence-corrected chi connectivity index (χ4v) is 3.59. The van der Waals surface area contributed by atoms with Gasteiger partial charge in [-0.2, -0.15) is 0 Å². The van der Waals surface area contributed by atoms with Crippen molar-refractivity contribution in [3.05, 3.63) is 76.0 Å². The minimum atomic E-state index is -0.366. The van der Waals surface area contributed by atoms with Crippen molar-refractivity contribution in [2.45, 2.75) is 26.4 Å². The molecule has 0 saturated carbocycles. The fraction of sp³-hybridized carbons (Fsp3) is 0.227. The van der Waals surface area contributed by atoms with E-state index in [0.717, 1.165) is 22.2 Å².